The number of carbonyl (C=O) groups is 1. The van der Waals surface area contributed by atoms with Crippen LogP contribution < -0.4 is 10.1 Å². The van der Waals surface area contributed by atoms with Gasteiger partial charge in [0.05, 0.1) is 12.7 Å². The number of methoxy groups -OCH3 is 1. The summed E-state index contributed by atoms with van der Waals surface area (Å²) in [7, 11) is -0.392. The second kappa shape index (κ2) is 11.1. The Bertz CT molecular complexity index is 1120. The second-order valence-electron chi connectivity index (χ2n) is 10.0. The second-order valence-corrected chi connectivity index (χ2v) is 14.8. The molecule has 0 saturated carbocycles. The summed E-state index contributed by atoms with van der Waals surface area (Å²) in [6.45, 7) is 12.0. The molecule has 1 amide bonds. The van der Waals surface area contributed by atoms with Crippen molar-refractivity contribution in [1.29, 1.82) is 0 Å². The number of tetrazole rings is 1. The largest absolute Gasteiger partial charge is 0.496 e. The predicted molar refractivity (Wildman–Crippen MR) is 135 cm³/mol. The van der Waals surface area contributed by atoms with Crippen LogP contribution in [0.4, 0.5) is 4.39 Å². The van der Waals surface area contributed by atoms with Crippen LogP contribution in [-0.2, 0) is 4.43 Å². The summed E-state index contributed by atoms with van der Waals surface area (Å²) >= 11 is 0. The lowest BCUT2D eigenvalue weighted by Crippen LogP contribution is -2.41. The number of carbonyl (C=O) groups excluding carboxylic acids is 1. The first-order valence-corrected chi connectivity index (χ1v) is 14.5. The third kappa shape index (κ3) is 6.73. The van der Waals surface area contributed by atoms with Crippen molar-refractivity contribution < 1.29 is 18.3 Å². The van der Waals surface area contributed by atoms with Gasteiger partial charge in [-0.25, -0.2) is 9.49 Å². The van der Waals surface area contributed by atoms with Crippen LogP contribution in [0.5, 0.6) is 5.75 Å². The number of nitrogens with one attached hydrogen (secondary N) is 2. The minimum absolute atomic E-state index is 0.0445. The molecule has 35 heavy (non-hydrogen) atoms. The van der Waals surface area contributed by atoms with E-state index in [9.17, 15) is 9.18 Å². The first-order valence-electron chi connectivity index (χ1n) is 11.6. The number of hydrogen-bond acceptors (Lipinski definition) is 6. The van der Waals surface area contributed by atoms with Crippen LogP contribution in [0, 0.1) is 5.82 Å². The summed E-state index contributed by atoms with van der Waals surface area (Å²) in [6, 6.07) is 11.6. The number of rotatable bonds is 10. The van der Waals surface area contributed by atoms with Gasteiger partial charge < -0.3 is 14.5 Å². The van der Waals surface area contributed by atoms with Crippen LogP contribution in [-0.4, -0.2) is 55.1 Å². The molecule has 0 fully saturated rings. The number of hydrogen-bond donors (Lipinski definition) is 2. The number of aromatic amines is 1. The molecule has 10 heteroatoms. The number of H-pyrrole nitrogens is 1. The number of aromatic nitrogens is 4. The van der Waals surface area contributed by atoms with Crippen LogP contribution >= 0.6 is 0 Å². The summed E-state index contributed by atoms with van der Waals surface area (Å²) in [5.41, 5.74) is 1.98. The van der Waals surface area contributed by atoms with E-state index in [2.05, 4.69) is 59.8 Å². The highest BCUT2D eigenvalue weighted by atomic mass is 28.4. The smallest absolute Gasteiger partial charge is 0.255 e. The van der Waals surface area contributed by atoms with Gasteiger partial charge in [-0.3, -0.25) is 4.79 Å². The molecule has 3 rings (SSSR count). The monoisotopic (exact) mass is 499 g/mol. The van der Waals surface area contributed by atoms with E-state index in [1.54, 1.807) is 30.3 Å². The Balaban J connectivity index is 1.75. The van der Waals surface area contributed by atoms with Crippen LogP contribution in [0.25, 0.3) is 11.4 Å². The van der Waals surface area contributed by atoms with Crippen LogP contribution in [0.3, 0.4) is 0 Å². The Morgan fingerprint density at radius 3 is 2.49 bits per heavy atom. The maximum atomic E-state index is 13.5. The molecule has 1 aromatic heterocycles. The molecule has 0 spiro atoms. The average Bonchev–Trinajstić information content (AvgIpc) is 3.35. The average molecular weight is 500 g/mol. The van der Waals surface area contributed by atoms with Gasteiger partial charge in [-0.05, 0) is 70.9 Å². The van der Waals surface area contributed by atoms with Crippen LogP contribution in [0.1, 0.15) is 49.0 Å². The van der Waals surface area contributed by atoms with Gasteiger partial charge >= 0.3 is 0 Å². The minimum atomic E-state index is -1.91. The molecule has 0 aliphatic rings. The molecule has 1 unspecified atom stereocenters. The molecule has 0 aliphatic carbocycles. The van der Waals surface area contributed by atoms with Crippen LogP contribution in [0.15, 0.2) is 42.5 Å². The molecule has 0 saturated heterocycles. The number of ether oxygens (including phenoxy) is 1. The molecule has 0 bridgehead atoms. The van der Waals surface area contributed by atoms with Gasteiger partial charge in [-0.1, -0.05) is 32.9 Å². The molecular weight excluding hydrogens is 465 g/mol. The maximum absolute atomic E-state index is 13.5. The molecule has 3 aromatic rings. The Labute approximate surface area is 206 Å². The molecule has 2 N–H and O–H groups in total. The van der Waals surface area contributed by atoms with Crippen LogP contribution in [0.2, 0.25) is 18.1 Å². The van der Waals surface area contributed by atoms with Gasteiger partial charge in [0, 0.05) is 24.6 Å². The summed E-state index contributed by atoms with van der Waals surface area (Å²) in [4.78, 5) is 13.2. The Kier molecular flexibility index (Phi) is 8.39. The first kappa shape index (κ1) is 26.5. The summed E-state index contributed by atoms with van der Waals surface area (Å²) in [5.74, 6) is 0.273. The van der Waals surface area contributed by atoms with E-state index in [0.29, 0.717) is 42.3 Å². The molecule has 188 valence electrons. The first-order chi connectivity index (χ1) is 16.5. The fourth-order valence-corrected chi connectivity index (χ4v) is 4.48. The molecule has 0 radical (unpaired) electrons. The van der Waals surface area contributed by atoms with E-state index in [1.807, 2.05) is 0 Å². The maximum Gasteiger partial charge on any atom is 0.255 e. The summed E-state index contributed by atoms with van der Waals surface area (Å²) in [5, 5.41) is 16.9. The highest BCUT2D eigenvalue weighted by molar-refractivity contribution is 6.74. The van der Waals surface area contributed by atoms with E-state index in [1.165, 1.54) is 19.2 Å². The number of halogens is 1. The molecule has 1 atom stereocenters. The predicted octanol–water partition coefficient (Wildman–Crippen LogP) is 4.94. The van der Waals surface area contributed by atoms with E-state index in [0.717, 1.165) is 5.56 Å². The van der Waals surface area contributed by atoms with Gasteiger partial charge in [0.2, 0.25) is 0 Å². The van der Waals surface area contributed by atoms with Gasteiger partial charge in [0.15, 0.2) is 14.1 Å². The van der Waals surface area contributed by atoms with Crippen molar-refractivity contribution in [3.63, 3.8) is 0 Å². The van der Waals surface area contributed by atoms with Crippen molar-refractivity contribution in [3.05, 3.63) is 59.4 Å². The van der Waals surface area contributed by atoms with Gasteiger partial charge in [-0.2, -0.15) is 0 Å². The lowest BCUT2D eigenvalue weighted by atomic mass is 9.95. The SMILES string of the molecule is COc1ccc(-c2nnn[nH]2)cc1C(=O)NCC(CCO[Si](C)(C)C(C)(C)C)c1ccc(F)cc1. The normalized spacial score (nSPS) is 12.9. The number of benzene rings is 2. The fourth-order valence-electron chi connectivity index (χ4n) is 3.42. The lowest BCUT2D eigenvalue weighted by molar-refractivity contribution is 0.0946. The fraction of sp³-hybridized carbons (Fsp3) is 0.440. The third-order valence-electron chi connectivity index (χ3n) is 6.65. The van der Waals surface area contributed by atoms with E-state index in [4.69, 9.17) is 9.16 Å². The Hall–Kier alpha value is -3.11. The van der Waals surface area contributed by atoms with Gasteiger partial charge in [0.1, 0.15) is 11.6 Å². The number of nitrogens with zero attached hydrogens (tertiary/aromatic N) is 3. The Morgan fingerprint density at radius 2 is 1.89 bits per heavy atom. The molecule has 8 nitrogen and oxygen atoms in total. The van der Waals surface area contributed by atoms with Crippen molar-refractivity contribution >= 4 is 14.2 Å². The zero-order chi connectivity index (χ0) is 25.6. The van der Waals surface area contributed by atoms with E-state index in [-0.39, 0.29) is 22.7 Å². The number of amides is 1. The highest BCUT2D eigenvalue weighted by Crippen LogP contribution is 2.37. The van der Waals surface area contributed by atoms with Gasteiger partial charge in [0.25, 0.3) is 5.91 Å². The van der Waals surface area contributed by atoms with Crippen molar-refractivity contribution in [3.8, 4) is 17.1 Å². The molecular formula is C25H34FN5O3Si. The van der Waals surface area contributed by atoms with Crippen molar-refractivity contribution in [2.75, 3.05) is 20.3 Å². The summed E-state index contributed by atoms with van der Waals surface area (Å²) < 4.78 is 25.3. The summed E-state index contributed by atoms with van der Waals surface area (Å²) in [6.07, 6.45) is 0.694. The van der Waals surface area contributed by atoms with E-state index < -0.39 is 8.32 Å². The van der Waals surface area contributed by atoms with E-state index >= 15 is 0 Å². The zero-order valence-electron chi connectivity index (χ0n) is 21.2. The topological polar surface area (TPSA) is 102 Å². The highest BCUT2D eigenvalue weighted by Gasteiger charge is 2.37. The standard InChI is InChI=1S/C25H34FN5O3Si/c1-25(2,3)35(5,6)34-14-13-19(17-7-10-20(26)11-8-17)16-27-24(32)21-15-18(9-12-22(21)33-4)23-28-30-31-29-23/h7-12,15,19H,13-14,16H2,1-6H3,(H,27,32)(H,28,29,30,31). The quantitative estimate of drug-likeness (QED) is 0.383. The minimum Gasteiger partial charge on any atom is -0.496 e. The zero-order valence-corrected chi connectivity index (χ0v) is 22.2. The molecule has 2 aromatic carbocycles. The van der Waals surface area contributed by atoms with Crippen molar-refractivity contribution in [1.82, 2.24) is 25.9 Å². The molecule has 0 aliphatic heterocycles. The van der Waals surface area contributed by atoms with Gasteiger partial charge in [-0.15, -0.1) is 5.10 Å². The van der Waals surface area contributed by atoms with Crippen molar-refractivity contribution in [2.24, 2.45) is 0 Å². The lowest BCUT2D eigenvalue weighted by Gasteiger charge is -2.36. The molecule has 1 heterocycles. The van der Waals surface area contributed by atoms with Crippen molar-refractivity contribution in [2.45, 2.75) is 51.2 Å². The third-order valence-corrected chi connectivity index (χ3v) is 11.2. The Morgan fingerprint density at radius 1 is 1.17 bits per heavy atom.